The lowest BCUT2D eigenvalue weighted by molar-refractivity contribution is 0.122. The van der Waals surface area contributed by atoms with Crippen LogP contribution in [0.15, 0.2) is 30.3 Å². The summed E-state index contributed by atoms with van der Waals surface area (Å²) in [6.45, 7) is 9.12. The molecule has 7 heteroatoms. The van der Waals surface area contributed by atoms with Gasteiger partial charge in [0.2, 0.25) is 5.95 Å². The summed E-state index contributed by atoms with van der Waals surface area (Å²) in [5.41, 5.74) is 12.1. The number of aryl methyl sites for hydroxylation is 3. The molecule has 7 nitrogen and oxygen atoms in total. The van der Waals surface area contributed by atoms with Crippen LogP contribution in [0.5, 0.6) is 0 Å². The van der Waals surface area contributed by atoms with Gasteiger partial charge in [-0.1, -0.05) is 12.1 Å². The maximum absolute atomic E-state index is 6.05. The normalized spacial score (nSPS) is 14.6. The van der Waals surface area contributed by atoms with Gasteiger partial charge in [-0.15, -0.1) is 0 Å². The Balaban J connectivity index is 1.84. The molecule has 140 valence electrons. The second-order valence-electron chi connectivity index (χ2n) is 6.93. The van der Waals surface area contributed by atoms with Gasteiger partial charge in [0.05, 0.1) is 30.3 Å². The number of hydrogen-bond acceptors (Lipinski definition) is 6. The van der Waals surface area contributed by atoms with E-state index in [9.17, 15) is 0 Å². The first-order valence-electron chi connectivity index (χ1n) is 9.13. The number of nitrogens with zero attached hydrogens (tertiary/aromatic N) is 5. The zero-order valence-corrected chi connectivity index (χ0v) is 15.9. The van der Waals surface area contributed by atoms with Crippen LogP contribution in [0.1, 0.15) is 17.0 Å². The van der Waals surface area contributed by atoms with Crippen LogP contribution in [0.2, 0.25) is 0 Å². The Hall–Kier alpha value is -2.93. The molecule has 1 fully saturated rings. The summed E-state index contributed by atoms with van der Waals surface area (Å²) in [7, 11) is 0. The van der Waals surface area contributed by atoms with Gasteiger partial charge < -0.3 is 15.4 Å². The highest BCUT2D eigenvalue weighted by Crippen LogP contribution is 2.30. The average molecular weight is 364 g/mol. The van der Waals surface area contributed by atoms with Crippen molar-refractivity contribution in [3.8, 4) is 16.9 Å². The minimum Gasteiger partial charge on any atom is -0.378 e. The second-order valence-corrected chi connectivity index (χ2v) is 6.93. The number of aromatic nitrogens is 4. The maximum atomic E-state index is 6.05. The number of morpholine rings is 1. The van der Waals surface area contributed by atoms with Crippen LogP contribution in [0.4, 0.5) is 11.8 Å². The van der Waals surface area contributed by atoms with Gasteiger partial charge in [-0.05, 0) is 38.5 Å². The molecule has 4 rings (SSSR count). The van der Waals surface area contributed by atoms with E-state index in [0.717, 1.165) is 52.8 Å². The molecule has 0 bridgehead atoms. The molecular weight excluding hydrogens is 340 g/mol. The first-order valence-corrected chi connectivity index (χ1v) is 9.13. The smallest absolute Gasteiger partial charge is 0.222 e. The van der Waals surface area contributed by atoms with E-state index in [1.807, 2.05) is 17.7 Å². The summed E-state index contributed by atoms with van der Waals surface area (Å²) in [4.78, 5) is 11.1. The van der Waals surface area contributed by atoms with E-state index in [1.54, 1.807) is 0 Å². The minimum absolute atomic E-state index is 0.272. The zero-order valence-electron chi connectivity index (χ0n) is 15.9. The fraction of sp³-hybridized carbons (Fsp3) is 0.350. The highest BCUT2D eigenvalue weighted by molar-refractivity contribution is 5.73. The van der Waals surface area contributed by atoms with Crippen LogP contribution in [0.3, 0.4) is 0 Å². The van der Waals surface area contributed by atoms with Crippen LogP contribution in [-0.4, -0.2) is 46.1 Å². The van der Waals surface area contributed by atoms with Crippen LogP contribution >= 0.6 is 0 Å². The fourth-order valence-corrected chi connectivity index (χ4v) is 3.45. The zero-order chi connectivity index (χ0) is 19.0. The fourth-order valence-electron chi connectivity index (χ4n) is 3.45. The summed E-state index contributed by atoms with van der Waals surface area (Å²) in [5, 5.41) is 4.66. The third-order valence-electron chi connectivity index (χ3n) is 4.73. The van der Waals surface area contributed by atoms with Crippen molar-refractivity contribution in [2.45, 2.75) is 20.8 Å². The lowest BCUT2D eigenvalue weighted by Gasteiger charge is -2.28. The minimum atomic E-state index is 0.272. The van der Waals surface area contributed by atoms with Crippen LogP contribution in [0.25, 0.3) is 16.9 Å². The number of anilines is 2. The van der Waals surface area contributed by atoms with E-state index in [1.165, 1.54) is 0 Å². The highest BCUT2D eigenvalue weighted by Gasteiger charge is 2.17. The maximum Gasteiger partial charge on any atom is 0.222 e. The van der Waals surface area contributed by atoms with Crippen molar-refractivity contribution in [3.63, 3.8) is 0 Å². The first kappa shape index (κ1) is 17.5. The average Bonchev–Trinajstić information content (AvgIpc) is 3.00. The molecule has 3 aromatic rings. The Morgan fingerprint density at radius 2 is 1.78 bits per heavy atom. The van der Waals surface area contributed by atoms with Gasteiger partial charge in [0, 0.05) is 30.4 Å². The molecule has 0 atom stereocenters. The third-order valence-corrected chi connectivity index (χ3v) is 4.73. The lowest BCUT2D eigenvalue weighted by atomic mass is 10.1. The summed E-state index contributed by atoms with van der Waals surface area (Å²) < 4.78 is 7.41. The van der Waals surface area contributed by atoms with Crippen LogP contribution in [0, 0.1) is 20.8 Å². The van der Waals surface area contributed by atoms with E-state index in [2.05, 4.69) is 58.1 Å². The van der Waals surface area contributed by atoms with Crippen molar-refractivity contribution in [1.29, 1.82) is 0 Å². The summed E-state index contributed by atoms with van der Waals surface area (Å²) in [5.74, 6) is 1.11. The van der Waals surface area contributed by atoms with Crippen molar-refractivity contribution in [2.24, 2.45) is 0 Å². The molecule has 1 aliphatic rings. The monoisotopic (exact) mass is 364 g/mol. The molecule has 2 N–H and O–H groups in total. The summed E-state index contributed by atoms with van der Waals surface area (Å²) in [6, 6.07) is 10.4. The van der Waals surface area contributed by atoms with E-state index in [4.69, 9.17) is 10.5 Å². The quantitative estimate of drug-likeness (QED) is 0.769. The van der Waals surface area contributed by atoms with Gasteiger partial charge in [-0.3, -0.25) is 0 Å². The van der Waals surface area contributed by atoms with Gasteiger partial charge >= 0.3 is 0 Å². The molecular formula is C20H24N6O. The van der Waals surface area contributed by atoms with Gasteiger partial charge in [0.15, 0.2) is 0 Å². The number of nitrogens with two attached hydrogens (primary N) is 1. The van der Waals surface area contributed by atoms with Crippen LogP contribution < -0.4 is 10.6 Å². The van der Waals surface area contributed by atoms with Crippen LogP contribution in [-0.2, 0) is 4.74 Å². The number of nitrogen functional groups attached to an aromatic ring is 1. The number of ether oxygens (including phenoxy) is 1. The predicted molar refractivity (Wildman–Crippen MR) is 106 cm³/mol. The first-order chi connectivity index (χ1) is 13.0. The molecule has 2 aromatic heterocycles. The van der Waals surface area contributed by atoms with Crippen molar-refractivity contribution in [2.75, 3.05) is 36.9 Å². The number of benzene rings is 1. The highest BCUT2D eigenvalue weighted by atomic mass is 16.5. The molecule has 0 amide bonds. The molecule has 0 unspecified atom stereocenters. The topological polar surface area (TPSA) is 82.1 Å². The molecule has 0 spiro atoms. The third kappa shape index (κ3) is 3.50. The van der Waals surface area contributed by atoms with E-state index < -0.39 is 0 Å². The van der Waals surface area contributed by atoms with Crippen molar-refractivity contribution in [3.05, 3.63) is 47.3 Å². The van der Waals surface area contributed by atoms with Gasteiger partial charge in [-0.25, -0.2) is 9.67 Å². The predicted octanol–water partition coefficient (Wildman–Crippen LogP) is 2.67. The Labute approximate surface area is 158 Å². The van der Waals surface area contributed by atoms with Gasteiger partial charge in [-0.2, -0.15) is 10.1 Å². The van der Waals surface area contributed by atoms with E-state index in [-0.39, 0.29) is 5.95 Å². The molecule has 1 aliphatic heterocycles. The molecule has 0 aliphatic carbocycles. The standard InChI is InChI=1S/C20H24N6O/c1-13-4-5-16(18(10-13)26-15(3)11-14(2)24-26)17-12-19(23-20(21)22-17)25-6-8-27-9-7-25/h4-5,10-12H,6-9H2,1-3H3,(H2,21,22,23). The molecule has 27 heavy (non-hydrogen) atoms. The van der Waals surface area contributed by atoms with Crippen molar-refractivity contribution < 1.29 is 4.74 Å². The van der Waals surface area contributed by atoms with Crippen molar-refractivity contribution >= 4 is 11.8 Å². The van der Waals surface area contributed by atoms with Gasteiger partial charge in [0.1, 0.15) is 5.82 Å². The summed E-state index contributed by atoms with van der Waals surface area (Å²) in [6.07, 6.45) is 0. The second kappa shape index (κ2) is 7.00. The molecule has 0 radical (unpaired) electrons. The SMILES string of the molecule is Cc1ccc(-c2cc(N3CCOCC3)nc(N)n2)c(-n2nc(C)cc2C)c1. The lowest BCUT2D eigenvalue weighted by Crippen LogP contribution is -2.36. The van der Waals surface area contributed by atoms with Gasteiger partial charge in [0.25, 0.3) is 0 Å². The Morgan fingerprint density at radius 1 is 1.00 bits per heavy atom. The Bertz CT molecular complexity index is 975. The largest absolute Gasteiger partial charge is 0.378 e. The number of hydrogen-bond donors (Lipinski definition) is 1. The number of rotatable bonds is 3. The molecule has 1 aromatic carbocycles. The van der Waals surface area contributed by atoms with E-state index >= 15 is 0 Å². The Morgan fingerprint density at radius 3 is 2.48 bits per heavy atom. The Kier molecular flexibility index (Phi) is 4.53. The van der Waals surface area contributed by atoms with E-state index in [0.29, 0.717) is 13.2 Å². The molecule has 0 saturated carbocycles. The van der Waals surface area contributed by atoms with Crippen molar-refractivity contribution in [1.82, 2.24) is 19.7 Å². The molecule has 1 saturated heterocycles. The summed E-state index contributed by atoms with van der Waals surface area (Å²) >= 11 is 0. The molecule has 3 heterocycles.